The van der Waals surface area contributed by atoms with Crippen molar-refractivity contribution < 1.29 is 13.7 Å². The molecule has 0 bridgehead atoms. The number of carbonyl (C=O) groups is 2. The van der Waals surface area contributed by atoms with Crippen molar-refractivity contribution in [3.63, 3.8) is 0 Å². The fourth-order valence-electron chi connectivity index (χ4n) is 0.899. The van der Waals surface area contributed by atoms with Crippen LogP contribution in [0, 0.1) is 5.41 Å². The molecule has 3 nitrogen and oxygen atoms in total. The Kier molecular flexibility index (Phi) is 0.853. The van der Waals surface area contributed by atoms with Gasteiger partial charge in [-0.05, 0) is 6.42 Å². The van der Waals surface area contributed by atoms with Crippen molar-refractivity contribution in [1.82, 2.24) is 5.32 Å². The van der Waals surface area contributed by atoms with Crippen molar-refractivity contribution in [3.8, 4) is 0 Å². The SMILES string of the molecule is [2H]C([2H])([2H])CC1(C)CC(=O)NC1=O. The summed E-state index contributed by atoms with van der Waals surface area (Å²) in [5.41, 5.74) is -1.05. The standard InChI is InChI=1S/C7H11NO2/c1-3-7(2)4-5(9)8-6(7)10/h3-4H2,1-2H3,(H,8,9,10)/i1D3. The van der Waals surface area contributed by atoms with Gasteiger partial charge in [-0.2, -0.15) is 0 Å². The third-order valence-electron chi connectivity index (χ3n) is 1.74. The maximum atomic E-state index is 11.2. The minimum absolute atomic E-state index is 0.0236. The topological polar surface area (TPSA) is 46.2 Å². The van der Waals surface area contributed by atoms with Gasteiger partial charge in [0, 0.05) is 10.5 Å². The fourth-order valence-corrected chi connectivity index (χ4v) is 0.899. The molecule has 0 radical (unpaired) electrons. The van der Waals surface area contributed by atoms with Crippen LogP contribution >= 0.6 is 0 Å². The van der Waals surface area contributed by atoms with Gasteiger partial charge in [-0.25, -0.2) is 0 Å². The molecule has 1 aliphatic heterocycles. The molecule has 1 saturated heterocycles. The second kappa shape index (κ2) is 2.08. The van der Waals surface area contributed by atoms with Gasteiger partial charge in [0.15, 0.2) is 0 Å². The smallest absolute Gasteiger partial charge is 0.232 e. The van der Waals surface area contributed by atoms with Crippen LogP contribution in [0.3, 0.4) is 0 Å². The van der Waals surface area contributed by atoms with Crippen LogP contribution in [0.2, 0.25) is 0 Å². The quantitative estimate of drug-likeness (QED) is 0.543. The molecule has 0 aromatic heterocycles. The average molecular weight is 144 g/mol. The summed E-state index contributed by atoms with van der Waals surface area (Å²) < 4.78 is 21.1. The zero-order valence-electron chi connectivity index (χ0n) is 8.73. The summed E-state index contributed by atoms with van der Waals surface area (Å²) in [6, 6.07) is 0. The average Bonchev–Trinajstić information content (AvgIpc) is 2.00. The highest BCUT2D eigenvalue weighted by atomic mass is 16.2. The first-order valence-electron chi connectivity index (χ1n) is 4.57. The Labute approximate surface area is 64.0 Å². The van der Waals surface area contributed by atoms with E-state index in [2.05, 4.69) is 5.32 Å². The highest BCUT2D eigenvalue weighted by molar-refractivity contribution is 6.05. The third-order valence-corrected chi connectivity index (χ3v) is 1.74. The number of nitrogens with one attached hydrogen (secondary N) is 1. The van der Waals surface area contributed by atoms with Gasteiger partial charge in [0.2, 0.25) is 11.8 Å². The zero-order chi connectivity index (χ0) is 10.3. The highest BCUT2D eigenvalue weighted by Crippen LogP contribution is 2.29. The Morgan fingerprint density at radius 3 is 2.90 bits per heavy atom. The summed E-state index contributed by atoms with van der Waals surface area (Å²) in [4.78, 5) is 22.0. The third kappa shape index (κ3) is 0.916. The predicted octanol–water partition coefficient (Wildman–Crippen LogP) is 0.449. The molecule has 2 amide bonds. The number of amides is 2. The molecule has 10 heavy (non-hydrogen) atoms. The maximum Gasteiger partial charge on any atom is 0.232 e. The normalized spacial score (nSPS) is 38.3. The van der Waals surface area contributed by atoms with Gasteiger partial charge in [0.1, 0.15) is 0 Å². The van der Waals surface area contributed by atoms with Crippen molar-refractivity contribution in [2.75, 3.05) is 0 Å². The Bertz CT molecular complexity index is 261. The van der Waals surface area contributed by atoms with E-state index in [1.54, 1.807) is 0 Å². The first kappa shape index (κ1) is 4.11. The molecule has 1 fully saturated rings. The molecule has 0 spiro atoms. The van der Waals surface area contributed by atoms with Crippen LogP contribution in [0.1, 0.15) is 30.7 Å². The lowest BCUT2D eigenvalue weighted by molar-refractivity contribution is -0.128. The Morgan fingerprint density at radius 2 is 2.50 bits per heavy atom. The van der Waals surface area contributed by atoms with E-state index in [-0.39, 0.29) is 12.8 Å². The van der Waals surface area contributed by atoms with Crippen LogP contribution in [0.4, 0.5) is 0 Å². The minimum Gasteiger partial charge on any atom is -0.296 e. The summed E-state index contributed by atoms with van der Waals surface area (Å²) in [5, 5.41) is 2.10. The van der Waals surface area contributed by atoms with Gasteiger partial charge in [0.05, 0.1) is 5.41 Å². The fraction of sp³-hybridized carbons (Fsp3) is 0.714. The first-order valence-corrected chi connectivity index (χ1v) is 3.07. The summed E-state index contributed by atoms with van der Waals surface area (Å²) >= 11 is 0. The molecule has 1 unspecified atom stereocenters. The van der Waals surface area contributed by atoms with E-state index in [0.717, 1.165) is 0 Å². The van der Waals surface area contributed by atoms with E-state index in [1.165, 1.54) is 6.92 Å². The van der Waals surface area contributed by atoms with Gasteiger partial charge in [-0.3, -0.25) is 14.9 Å². The van der Waals surface area contributed by atoms with Crippen LogP contribution in [0.5, 0.6) is 0 Å². The van der Waals surface area contributed by atoms with Gasteiger partial charge < -0.3 is 0 Å². The molecule has 0 aromatic carbocycles. The maximum absolute atomic E-state index is 11.2. The molecular weight excluding hydrogens is 130 g/mol. The van der Waals surface area contributed by atoms with Gasteiger partial charge in [-0.15, -0.1) is 0 Å². The molecule has 3 heteroatoms. The van der Waals surface area contributed by atoms with Gasteiger partial charge >= 0.3 is 0 Å². The van der Waals surface area contributed by atoms with E-state index in [0.29, 0.717) is 0 Å². The molecular formula is C7H11NO2. The lowest BCUT2D eigenvalue weighted by Gasteiger charge is -2.14. The number of imide groups is 1. The monoisotopic (exact) mass is 144 g/mol. The second-order valence-electron chi connectivity index (χ2n) is 2.79. The molecule has 0 aromatic rings. The Hall–Kier alpha value is -0.860. The number of hydrogen-bond donors (Lipinski definition) is 1. The number of hydrogen-bond acceptors (Lipinski definition) is 2. The van der Waals surface area contributed by atoms with E-state index >= 15 is 0 Å². The summed E-state index contributed by atoms with van der Waals surface area (Å²) in [5.74, 6) is -0.870. The molecule has 0 saturated carbocycles. The Morgan fingerprint density at radius 1 is 1.80 bits per heavy atom. The minimum atomic E-state index is -2.17. The van der Waals surface area contributed by atoms with Crippen LogP contribution in [0.25, 0.3) is 0 Å². The number of rotatable bonds is 1. The zero-order valence-corrected chi connectivity index (χ0v) is 5.73. The molecule has 1 rings (SSSR count). The largest absolute Gasteiger partial charge is 0.296 e. The molecule has 1 heterocycles. The molecule has 0 aliphatic carbocycles. The van der Waals surface area contributed by atoms with Crippen LogP contribution < -0.4 is 5.32 Å². The summed E-state index contributed by atoms with van der Waals surface area (Å²) in [6.07, 6.45) is -0.276. The molecule has 56 valence electrons. The van der Waals surface area contributed by atoms with Crippen LogP contribution in [-0.4, -0.2) is 11.8 Å². The van der Waals surface area contributed by atoms with E-state index < -0.39 is 24.1 Å². The Balaban J connectivity index is 2.77. The van der Waals surface area contributed by atoms with Gasteiger partial charge in [-0.1, -0.05) is 13.8 Å². The van der Waals surface area contributed by atoms with Gasteiger partial charge in [0.25, 0.3) is 0 Å². The van der Waals surface area contributed by atoms with Crippen molar-refractivity contribution in [2.24, 2.45) is 5.41 Å². The number of carbonyl (C=O) groups excluding carboxylic acids is 2. The van der Waals surface area contributed by atoms with Crippen LogP contribution in [0.15, 0.2) is 0 Å². The van der Waals surface area contributed by atoms with Crippen molar-refractivity contribution >= 4 is 11.8 Å². The van der Waals surface area contributed by atoms with Crippen molar-refractivity contribution in [1.29, 1.82) is 0 Å². The summed E-state index contributed by atoms with van der Waals surface area (Å²) in [7, 11) is 0. The highest BCUT2D eigenvalue weighted by Gasteiger charge is 2.40. The van der Waals surface area contributed by atoms with Crippen molar-refractivity contribution in [3.05, 3.63) is 0 Å². The van der Waals surface area contributed by atoms with E-state index in [4.69, 9.17) is 4.11 Å². The van der Waals surface area contributed by atoms with Crippen molar-refractivity contribution in [2.45, 2.75) is 26.6 Å². The lowest BCUT2D eigenvalue weighted by Crippen LogP contribution is -2.28. The molecule has 1 aliphatic rings. The summed E-state index contributed by atoms with van der Waals surface area (Å²) in [6.45, 7) is -0.670. The van der Waals surface area contributed by atoms with E-state index in [9.17, 15) is 9.59 Å². The van der Waals surface area contributed by atoms with E-state index in [1.807, 2.05) is 0 Å². The second-order valence-corrected chi connectivity index (χ2v) is 2.79. The first-order chi connectivity index (χ1) is 5.73. The lowest BCUT2D eigenvalue weighted by atomic mass is 9.86. The van der Waals surface area contributed by atoms with Crippen LogP contribution in [-0.2, 0) is 9.59 Å². The molecule has 1 N–H and O–H groups in total. The predicted molar refractivity (Wildman–Crippen MR) is 36.2 cm³/mol. The molecule has 1 atom stereocenters.